The molecule has 1 saturated carbocycles. The van der Waals surface area contributed by atoms with Gasteiger partial charge in [-0.25, -0.2) is 0 Å². The molecule has 1 N–H and O–H groups in total. The average molecular weight is 292 g/mol. The first-order chi connectivity index (χ1) is 9.40. The van der Waals surface area contributed by atoms with E-state index in [9.17, 15) is 13.2 Å². The van der Waals surface area contributed by atoms with Gasteiger partial charge in [0.15, 0.2) is 0 Å². The average Bonchev–Trinajstić information content (AvgIpc) is 3.20. The number of piperazine rings is 1. The van der Waals surface area contributed by atoms with Crippen LogP contribution in [0.3, 0.4) is 0 Å². The first kappa shape index (κ1) is 16.1. The summed E-state index contributed by atoms with van der Waals surface area (Å²) in [5, 5.41) is 3.62. The van der Waals surface area contributed by atoms with Crippen molar-refractivity contribution in [3.8, 4) is 0 Å². The van der Waals surface area contributed by atoms with Crippen LogP contribution < -0.4 is 5.32 Å². The van der Waals surface area contributed by atoms with Crippen LogP contribution in [0.5, 0.6) is 0 Å². The molecule has 1 aliphatic heterocycles. The Morgan fingerprint density at radius 2 is 2.00 bits per heavy atom. The van der Waals surface area contributed by atoms with E-state index in [2.05, 4.69) is 24.1 Å². The summed E-state index contributed by atoms with van der Waals surface area (Å²) in [6.07, 6.45) is -0.803. The van der Waals surface area contributed by atoms with Crippen LogP contribution in [-0.4, -0.2) is 42.8 Å². The SMILES string of the molecule is CCC(C)C1CNC(C2CC2)CN1CCCC(F)(F)F. The van der Waals surface area contributed by atoms with Gasteiger partial charge in [-0.15, -0.1) is 0 Å². The summed E-state index contributed by atoms with van der Waals surface area (Å²) in [7, 11) is 0. The van der Waals surface area contributed by atoms with Crippen LogP contribution in [0.15, 0.2) is 0 Å². The van der Waals surface area contributed by atoms with E-state index in [4.69, 9.17) is 0 Å². The molecule has 2 fully saturated rings. The topological polar surface area (TPSA) is 15.3 Å². The Balaban J connectivity index is 1.87. The van der Waals surface area contributed by atoms with Gasteiger partial charge in [0, 0.05) is 31.6 Å². The van der Waals surface area contributed by atoms with Crippen molar-refractivity contribution in [3.63, 3.8) is 0 Å². The van der Waals surface area contributed by atoms with E-state index in [0.29, 0.717) is 24.5 Å². The molecule has 5 heteroatoms. The monoisotopic (exact) mass is 292 g/mol. The minimum absolute atomic E-state index is 0.230. The molecule has 1 heterocycles. The summed E-state index contributed by atoms with van der Waals surface area (Å²) in [6, 6.07) is 0.893. The quantitative estimate of drug-likeness (QED) is 0.807. The van der Waals surface area contributed by atoms with Gasteiger partial charge in [-0.3, -0.25) is 4.90 Å². The minimum atomic E-state index is -4.02. The van der Waals surface area contributed by atoms with Crippen LogP contribution in [0.1, 0.15) is 46.0 Å². The molecule has 0 bridgehead atoms. The fraction of sp³-hybridized carbons (Fsp3) is 1.00. The molecule has 1 saturated heterocycles. The van der Waals surface area contributed by atoms with Gasteiger partial charge in [0.05, 0.1) is 0 Å². The number of halogens is 3. The van der Waals surface area contributed by atoms with Crippen LogP contribution in [0.25, 0.3) is 0 Å². The lowest BCUT2D eigenvalue weighted by atomic mass is 9.93. The van der Waals surface area contributed by atoms with Gasteiger partial charge in [-0.2, -0.15) is 13.2 Å². The maximum Gasteiger partial charge on any atom is 0.389 e. The highest BCUT2D eigenvalue weighted by Crippen LogP contribution is 2.35. The lowest BCUT2D eigenvalue weighted by Gasteiger charge is -2.43. The van der Waals surface area contributed by atoms with Gasteiger partial charge in [0.1, 0.15) is 0 Å². The zero-order chi connectivity index (χ0) is 14.8. The van der Waals surface area contributed by atoms with Gasteiger partial charge >= 0.3 is 6.18 Å². The van der Waals surface area contributed by atoms with Crippen LogP contribution in [-0.2, 0) is 0 Å². The second-order valence-corrected chi connectivity index (χ2v) is 6.52. The molecule has 0 aromatic rings. The van der Waals surface area contributed by atoms with E-state index in [1.165, 1.54) is 12.8 Å². The Kier molecular flexibility index (Phi) is 5.35. The second kappa shape index (κ2) is 6.65. The third kappa shape index (κ3) is 4.62. The molecular weight excluding hydrogens is 265 g/mol. The smallest absolute Gasteiger partial charge is 0.311 e. The Morgan fingerprint density at radius 1 is 1.30 bits per heavy atom. The zero-order valence-corrected chi connectivity index (χ0v) is 12.5. The lowest BCUT2D eigenvalue weighted by molar-refractivity contribution is -0.136. The fourth-order valence-electron chi connectivity index (χ4n) is 3.24. The van der Waals surface area contributed by atoms with Gasteiger partial charge < -0.3 is 5.32 Å². The lowest BCUT2D eigenvalue weighted by Crippen LogP contribution is -2.59. The van der Waals surface area contributed by atoms with E-state index < -0.39 is 12.6 Å². The van der Waals surface area contributed by atoms with Crippen molar-refractivity contribution in [1.82, 2.24) is 10.2 Å². The maximum atomic E-state index is 12.3. The first-order valence-corrected chi connectivity index (χ1v) is 7.95. The van der Waals surface area contributed by atoms with E-state index >= 15 is 0 Å². The zero-order valence-electron chi connectivity index (χ0n) is 12.5. The molecule has 2 rings (SSSR count). The van der Waals surface area contributed by atoms with Crippen LogP contribution in [0, 0.1) is 11.8 Å². The molecule has 20 heavy (non-hydrogen) atoms. The van der Waals surface area contributed by atoms with Crippen molar-refractivity contribution in [2.45, 2.75) is 64.2 Å². The summed E-state index contributed by atoms with van der Waals surface area (Å²) in [6.45, 7) is 6.81. The normalized spacial score (nSPS) is 30.4. The Hall–Kier alpha value is -0.290. The van der Waals surface area contributed by atoms with Gasteiger partial charge in [0.2, 0.25) is 0 Å². The standard InChI is InChI=1S/C15H27F3N2/c1-3-11(2)14-9-19-13(12-5-6-12)10-20(14)8-4-7-15(16,17)18/h11-14,19H,3-10H2,1-2H3. The van der Waals surface area contributed by atoms with E-state index in [1.807, 2.05) is 0 Å². The molecule has 0 spiro atoms. The highest BCUT2D eigenvalue weighted by molar-refractivity contribution is 4.95. The molecule has 2 aliphatic rings. The molecule has 0 aromatic heterocycles. The molecule has 2 nitrogen and oxygen atoms in total. The number of alkyl halides is 3. The molecule has 0 radical (unpaired) electrons. The van der Waals surface area contributed by atoms with E-state index in [1.54, 1.807) is 0 Å². The molecule has 118 valence electrons. The Morgan fingerprint density at radius 3 is 2.55 bits per heavy atom. The number of hydrogen-bond acceptors (Lipinski definition) is 2. The van der Waals surface area contributed by atoms with Crippen molar-refractivity contribution in [2.75, 3.05) is 19.6 Å². The fourth-order valence-corrected chi connectivity index (χ4v) is 3.24. The second-order valence-electron chi connectivity index (χ2n) is 6.52. The molecule has 1 aliphatic carbocycles. The third-order valence-electron chi connectivity index (χ3n) is 4.89. The molecule has 0 aromatic carbocycles. The molecule has 3 unspecified atom stereocenters. The van der Waals surface area contributed by atoms with E-state index in [0.717, 1.165) is 25.4 Å². The first-order valence-electron chi connectivity index (χ1n) is 7.95. The van der Waals surface area contributed by atoms with Crippen molar-refractivity contribution in [2.24, 2.45) is 11.8 Å². The summed E-state index contributed by atoms with van der Waals surface area (Å²) in [5.74, 6) is 1.30. The van der Waals surface area contributed by atoms with Crippen LogP contribution >= 0.6 is 0 Å². The summed E-state index contributed by atoms with van der Waals surface area (Å²) < 4.78 is 36.9. The highest BCUT2D eigenvalue weighted by Gasteiger charge is 2.38. The van der Waals surface area contributed by atoms with Gasteiger partial charge in [-0.05, 0) is 37.6 Å². The molecular formula is C15H27F3N2. The van der Waals surface area contributed by atoms with Gasteiger partial charge in [0.25, 0.3) is 0 Å². The molecule has 0 amide bonds. The minimum Gasteiger partial charge on any atom is -0.311 e. The predicted molar refractivity (Wildman–Crippen MR) is 74.6 cm³/mol. The van der Waals surface area contributed by atoms with Crippen molar-refractivity contribution in [3.05, 3.63) is 0 Å². The Bertz CT molecular complexity index is 302. The van der Waals surface area contributed by atoms with E-state index in [-0.39, 0.29) is 6.42 Å². The van der Waals surface area contributed by atoms with Crippen molar-refractivity contribution >= 4 is 0 Å². The maximum absolute atomic E-state index is 12.3. The number of nitrogens with zero attached hydrogens (tertiary/aromatic N) is 1. The largest absolute Gasteiger partial charge is 0.389 e. The van der Waals surface area contributed by atoms with Crippen molar-refractivity contribution in [1.29, 1.82) is 0 Å². The number of nitrogens with one attached hydrogen (secondary N) is 1. The van der Waals surface area contributed by atoms with Crippen molar-refractivity contribution < 1.29 is 13.2 Å². The highest BCUT2D eigenvalue weighted by atomic mass is 19.4. The van der Waals surface area contributed by atoms with Crippen LogP contribution in [0.2, 0.25) is 0 Å². The predicted octanol–water partition coefficient (Wildman–Crippen LogP) is 3.43. The van der Waals surface area contributed by atoms with Gasteiger partial charge in [-0.1, -0.05) is 20.3 Å². The number of hydrogen-bond donors (Lipinski definition) is 1. The number of rotatable bonds is 6. The molecule has 3 atom stereocenters. The Labute approximate surface area is 120 Å². The van der Waals surface area contributed by atoms with Crippen LogP contribution in [0.4, 0.5) is 13.2 Å². The summed E-state index contributed by atoms with van der Waals surface area (Å²) >= 11 is 0. The summed E-state index contributed by atoms with van der Waals surface area (Å²) in [5.41, 5.74) is 0. The third-order valence-corrected chi connectivity index (χ3v) is 4.89. The summed E-state index contributed by atoms with van der Waals surface area (Å²) in [4.78, 5) is 2.32.